The highest BCUT2D eigenvalue weighted by Gasteiger charge is 2.14. The molecule has 0 aliphatic carbocycles. The molecule has 0 fully saturated rings. The van der Waals surface area contributed by atoms with E-state index in [9.17, 15) is 0 Å². The number of aromatic nitrogens is 1. The zero-order chi connectivity index (χ0) is 13.0. The quantitative estimate of drug-likeness (QED) is 0.878. The van der Waals surface area contributed by atoms with E-state index in [1.165, 1.54) is 0 Å². The Labute approximate surface area is 108 Å². The molecule has 3 nitrogen and oxygen atoms in total. The Bertz CT molecular complexity index is 507. The van der Waals surface area contributed by atoms with Gasteiger partial charge in [-0.05, 0) is 32.5 Å². The third-order valence-corrected chi connectivity index (χ3v) is 3.14. The fourth-order valence-electron chi connectivity index (χ4n) is 1.96. The molecule has 0 spiro atoms. The average Bonchev–Trinajstić information content (AvgIpc) is 2.39. The van der Waals surface area contributed by atoms with E-state index in [1.807, 2.05) is 30.3 Å². The van der Waals surface area contributed by atoms with Crippen LogP contribution >= 0.6 is 0 Å². The molecule has 0 aliphatic heterocycles. The fraction of sp³-hybridized carbons (Fsp3) is 0.400. The van der Waals surface area contributed by atoms with Crippen molar-refractivity contribution in [1.29, 1.82) is 0 Å². The predicted octanol–water partition coefficient (Wildman–Crippen LogP) is 3.00. The largest absolute Gasteiger partial charge is 0.487 e. The summed E-state index contributed by atoms with van der Waals surface area (Å²) in [6, 6.07) is 10.3. The van der Waals surface area contributed by atoms with Gasteiger partial charge in [0.2, 0.25) is 0 Å². The minimum atomic E-state index is 0.109. The standard InChI is InChI=1S/C15H20N2O/c1-4-16-11(2)12(3)18-14-9-5-7-13-8-6-10-17-15(13)14/h5-12,16H,4H2,1-3H3. The molecule has 0 saturated carbocycles. The average molecular weight is 244 g/mol. The van der Waals surface area contributed by atoms with E-state index in [1.54, 1.807) is 6.20 Å². The monoisotopic (exact) mass is 244 g/mol. The van der Waals surface area contributed by atoms with E-state index in [0.29, 0.717) is 6.04 Å². The van der Waals surface area contributed by atoms with Gasteiger partial charge in [-0.15, -0.1) is 0 Å². The highest BCUT2D eigenvalue weighted by molar-refractivity contribution is 5.84. The molecule has 0 aliphatic rings. The first-order valence-electron chi connectivity index (χ1n) is 6.46. The summed E-state index contributed by atoms with van der Waals surface area (Å²) in [5.41, 5.74) is 0.926. The Morgan fingerprint density at radius 2 is 2.00 bits per heavy atom. The van der Waals surface area contributed by atoms with Crippen molar-refractivity contribution in [3.63, 3.8) is 0 Å². The van der Waals surface area contributed by atoms with E-state index < -0.39 is 0 Å². The van der Waals surface area contributed by atoms with Gasteiger partial charge in [-0.25, -0.2) is 0 Å². The second-order valence-corrected chi connectivity index (χ2v) is 4.50. The SMILES string of the molecule is CCNC(C)C(C)Oc1cccc2cccnc12. The molecular formula is C15H20N2O. The van der Waals surface area contributed by atoms with Crippen molar-refractivity contribution in [2.45, 2.75) is 32.9 Å². The van der Waals surface area contributed by atoms with E-state index >= 15 is 0 Å². The molecule has 2 rings (SSSR count). The number of hydrogen-bond donors (Lipinski definition) is 1. The van der Waals surface area contributed by atoms with Crippen LogP contribution in [0.2, 0.25) is 0 Å². The molecule has 2 atom stereocenters. The molecule has 96 valence electrons. The Morgan fingerprint density at radius 1 is 1.22 bits per heavy atom. The lowest BCUT2D eigenvalue weighted by molar-refractivity contribution is 0.181. The smallest absolute Gasteiger partial charge is 0.146 e. The molecule has 1 N–H and O–H groups in total. The normalized spacial score (nSPS) is 14.4. The van der Waals surface area contributed by atoms with Crippen LogP contribution in [0.3, 0.4) is 0 Å². The number of hydrogen-bond acceptors (Lipinski definition) is 3. The minimum Gasteiger partial charge on any atom is -0.487 e. The van der Waals surface area contributed by atoms with Gasteiger partial charge in [0.1, 0.15) is 17.4 Å². The summed E-state index contributed by atoms with van der Waals surface area (Å²) in [5, 5.41) is 4.48. The maximum absolute atomic E-state index is 6.02. The number of pyridine rings is 1. The minimum absolute atomic E-state index is 0.109. The van der Waals surface area contributed by atoms with Gasteiger partial charge in [0, 0.05) is 17.6 Å². The van der Waals surface area contributed by atoms with Crippen LogP contribution in [0.4, 0.5) is 0 Å². The molecule has 1 aromatic heterocycles. The van der Waals surface area contributed by atoms with Crippen molar-refractivity contribution in [3.8, 4) is 5.75 Å². The van der Waals surface area contributed by atoms with E-state index in [2.05, 4.69) is 31.1 Å². The van der Waals surface area contributed by atoms with Crippen molar-refractivity contribution < 1.29 is 4.74 Å². The first-order valence-corrected chi connectivity index (χ1v) is 6.46. The predicted molar refractivity (Wildman–Crippen MR) is 75.0 cm³/mol. The van der Waals surface area contributed by atoms with Crippen molar-refractivity contribution in [2.75, 3.05) is 6.54 Å². The molecule has 2 unspecified atom stereocenters. The first-order chi connectivity index (χ1) is 8.72. The van der Waals surface area contributed by atoms with Crippen LogP contribution in [0, 0.1) is 0 Å². The van der Waals surface area contributed by atoms with Crippen LogP contribution in [0.1, 0.15) is 20.8 Å². The maximum atomic E-state index is 6.02. The second-order valence-electron chi connectivity index (χ2n) is 4.50. The molecule has 0 bridgehead atoms. The van der Waals surface area contributed by atoms with Crippen LogP contribution in [-0.4, -0.2) is 23.7 Å². The number of fused-ring (bicyclic) bond motifs is 1. The molecule has 1 aromatic carbocycles. The van der Waals surface area contributed by atoms with E-state index in [0.717, 1.165) is 23.2 Å². The summed E-state index contributed by atoms with van der Waals surface area (Å²) in [6.45, 7) is 7.26. The summed E-state index contributed by atoms with van der Waals surface area (Å²) in [4.78, 5) is 4.39. The maximum Gasteiger partial charge on any atom is 0.146 e. The second kappa shape index (κ2) is 5.83. The van der Waals surface area contributed by atoms with Gasteiger partial charge in [0.15, 0.2) is 0 Å². The van der Waals surface area contributed by atoms with Crippen LogP contribution in [-0.2, 0) is 0 Å². The number of rotatable bonds is 5. The van der Waals surface area contributed by atoms with Gasteiger partial charge in [-0.1, -0.05) is 25.1 Å². The Hall–Kier alpha value is -1.61. The molecule has 0 amide bonds. The Morgan fingerprint density at radius 3 is 2.78 bits per heavy atom. The van der Waals surface area contributed by atoms with Gasteiger partial charge in [0.05, 0.1) is 0 Å². The molecule has 0 radical (unpaired) electrons. The lowest BCUT2D eigenvalue weighted by Gasteiger charge is -2.22. The van der Waals surface area contributed by atoms with Gasteiger partial charge in [-0.3, -0.25) is 4.98 Å². The van der Waals surface area contributed by atoms with Crippen molar-refractivity contribution in [1.82, 2.24) is 10.3 Å². The fourth-order valence-corrected chi connectivity index (χ4v) is 1.96. The Balaban J connectivity index is 2.21. The number of benzene rings is 1. The molecular weight excluding hydrogens is 224 g/mol. The molecule has 1 heterocycles. The highest BCUT2D eigenvalue weighted by atomic mass is 16.5. The van der Waals surface area contributed by atoms with Gasteiger partial charge in [0.25, 0.3) is 0 Å². The van der Waals surface area contributed by atoms with Gasteiger partial charge in [-0.2, -0.15) is 0 Å². The molecule has 0 saturated heterocycles. The number of likely N-dealkylation sites (N-methyl/N-ethyl adjacent to an activating group) is 1. The summed E-state index contributed by atoms with van der Waals surface area (Å²) in [6.07, 6.45) is 1.91. The van der Waals surface area contributed by atoms with Crippen LogP contribution in [0.5, 0.6) is 5.75 Å². The molecule has 18 heavy (non-hydrogen) atoms. The summed E-state index contributed by atoms with van der Waals surface area (Å²) in [7, 11) is 0. The highest BCUT2D eigenvalue weighted by Crippen LogP contribution is 2.24. The molecule has 3 heteroatoms. The van der Waals surface area contributed by atoms with Crippen LogP contribution in [0.15, 0.2) is 36.5 Å². The number of nitrogens with one attached hydrogen (secondary N) is 1. The number of ether oxygens (including phenoxy) is 1. The van der Waals surface area contributed by atoms with Crippen molar-refractivity contribution in [3.05, 3.63) is 36.5 Å². The van der Waals surface area contributed by atoms with Gasteiger partial charge < -0.3 is 10.1 Å². The lowest BCUT2D eigenvalue weighted by Crippen LogP contribution is -2.38. The number of nitrogens with zero attached hydrogens (tertiary/aromatic N) is 1. The topological polar surface area (TPSA) is 34.1 Å². The van der Waals surface area contributed by atoms with E-state index in [-0.39, 0.29) is 6.10 Å². The summed E-state index contributed by atoms with van der Waals surface area (Å²) in [5.74, 6) is 0.852. The lowest BCUT2D eigenvalue weighted by atomic mass is 10.2. The van der Waals surface area contributed by atoms with Gasteiger partial charge >= 0.3 is 0 Å². The summed E-state index contributed by atoms with van der Waals surface area (Å²) >= 11 is 0. The van der Waals surface area contributed by atoms with E-state index in [4.69, 9.17) is 4.74 Å². The third kappa shape index (κ3) is 2.79. The van der Waals surface area contributed by atoms with Crippen LogP contribution < -0.4 is 10.1 Å². The molecule has 2 aromatic rings. The van der Waals surface area contributed by atoms with Crippen molar-refractivity contribution in [2.24, 2.45) is 0 Å². The van der Waals surface area contributed by atoms with Crippen LogP contribution in [0.25, 0.3) is 10.9 Å². The zero-order valence-electron chi connectivity index (χ0n) is 11.2. The first kappa shape index (κ1) is 12.8. The Kier molecular flexibility index (Phi) is 4.15. The zero-order valence-corrected chi connectivity index (χ0v) is 11.2. The summed E-state index contributed by atoms with van der Waals surface area (Å²) < 4.78 is 6.02. The number of para-hydroxylation sites is 1. The van der Waals surface area contributed by atoms with Crippen molar-refractivity contribution >= 4 is 10.9 Å². The third-order valence-electron chi connectivity index (χ3n) is 3.14.